The molecule has 0 heterocycles. The summed E-state index contributed by atoms with van der Waals surface area (Å²) in [4.78, 5) is 0. The minimum absolute atomic E-state index is 0. The Hall–Kier alpha value is 0.590. The molecule has 0 aliphatic carbocycles. The molecule has 7 heteroatoms. The zero-order valence-electron chi connectivity index (χ0n) is 7.96. The summed E-state index contributed by atoms with van der Waals surface area (Å²) in [6.45, 7) is 0. The van der Waals surface area contributed by atoms with Crippen LogP contribution < -0.4 is 5.73 Å². The highest BCUT2D eigenvalue weighted by molar-refractivity contribution is 14.1. The summed E-state index contributed by atoms with van der Waals surface area (Å²) < 4.78 is 25.8. The van der Waals surface area contributed by atoms with Gasteiger partial charge in [0.2, 0.25) is 6.43 Å². The second-order valence-corrected chi connectivity index (χ2v) is 5.47. The molecule has 0 aliphatic heterocycles. The molecule has 1 aromatic carbocycles. The summed E-state index contributed by atoms with van der Waals surface area (Å²) in [5.74, 6) is 0.00386. The quantitative estimate of drug-likeness (QED) is 0.656. The lowest BCUT2D eigenvalue weighted by atomic mass is 10.0. The third kappa shape index (κ3) is 4.46. The van der Waals surface area contributed by atoms with Crippen LogP contribution in [0, 0.1) is 7.14 Å². The lowest BCUT2D eigenvalue weighted by Crippen LogP contribution is -2.14. The van der Waals surface area contributed by atoms with Gasteiger partial charge in [0.05, 0.1) is 3.57 Å². The number of benzene rings is 1. The van der Waals surface area contributed by atoms with Crippen LogP contribution in [0.3, 0.4) is 0 Å². The highest BCUT2D eigenvalue weighted by atomic mass is 127. The van der Waals surface area contributed by atoms with Crippen LogP contribution in [0.25, 0.3) is 0 Å². The Morgan fingerprint density at radius 1 is 1.31 bits per heavy atom. The summed E-state index contributed by atoms with van der Waals surface area (Å²) in [7, 11) is 0. The van der Waals surface area contributed by atoms with E-state index < -0.39 is 18.9 Å². The van der Waals surface area contributed by atoms with E-state index in [-0.39, 0.29) is 18.2 Å². The van der Waals surface area contributed by atoms with Crippen molar-refractivity contribution in [2.24, 2.45) is 5.73 Å². The summed E-state index contributed by atoms with van der Waals surface area (Å²) >= 11 is 4.00. The highest BCUT2D eigenvalue weighted by Gasteiger charge is 2.18. The molecule has 0 amide bonds. The molecule has 0 aromatic heterocycles. The van der Waals surface area contributed by atoms with Gasteiger partial charge in [-0.1, -0.05) is 0 Å². The van der Waals surface area contributed by atoms with E-state index in [0.29, 0.717) is 9.13 Å². The Kier molecular flexibility index (Phi) is 7.38. The van der Waals surface area contributed by atoms with Gasteiger partial charge >= 0.3 is 0 Å². The minimum atomic E-state index is -2.46. The molecule has 3 N–H and O–H groups in total. The second-order valence-electron chi connectivity index (χ2n) is 3.06. The number of nitrogens with two attached hydrogens (primary N) is 1. The molecule has 0 saturated heterocycles. The zero-order chi connectivity index (χ0) is 11.6. The van der Waals surface area contributed by atoms with Crippen molar-refractivity contribution in [3.63, 3.8) is 0 Å². The number of aromatic hydroxyl groups is 1. The molecule has 92 valence electrons. The fraction of sp³-hybridized carbons (Fsp3) is 0.333. The Morgan fingerprint density at radius 2 is 1.88 bits per heavy atom. The van der Waals surface area contributed by atoms with Gasteiger partial charge in [0.15, 0.2) is 0 Å². The summed E-state index contributed by atoms with van der Waals surface area (Å²) in [5.41, 5.74) is 5.97. The van der Waals surface area contributed by atoms with Crippen LogP contribution in [0.15, 0.2) is 12.1 Å². The first kappa shape index (κ1) is 16.6. The zero-order valence-corrected chi connectivity index (χ0v) is 13.1. The third-order valence-corrected chi connectivity index (χ3v) is 3.33. The van der Waals surface area contributed by atoms with Crippen molar-refractivity contribution in [1.29, 1.82) is 0 Å². The Labute approximate surface area is 126 Å². The maximum absolute atomic E-state index is 12.1. The molecular weight excluding hydrogens is 465 g/mol. The Balaban J connectivity index is 0.00000225. The van der Waals surface area contributed by atoms with Gasteiger partial charge in [0.25, 0.3) is 0 Å². The molecule has 0 bridgehead atoms. The molecule has 0 spiro atoms. The number of phenolic OH excluding ortho intramolecular Hbond substituents is 1. The molecule has 1 atom stereocenters. The summed E-state index contributed by atoms with van der Waals surface area (Å²) in [6, 6.07) is 2.56. The van der Waals surface area contributed by atoms with E-state index >= 15 is 0 Å². The highest BCUT2D eigenvalue weighted by Crippen LogP contribution is 2.32. The van der Waals surface area contributed by atoms with E-state index in [9.17, 15) is 13.9 Å². The number of hydrogen-bond acceptors (Lipinski definition) is 2. The maximum atomic E-state index is 12.1. The van der Waals surface area contributed by atoms with Gasteiger partial charge in [-0.3, -0.25) is 0 Å². The van der Waals surface area contributed by atoms with E-state index in [4.69, 9.17) is 5.73 Å². The van der Waals surface area contributed by atoms with Crippen molar-refractivity contribution < 1.29 is 13.9 Å². The summed E-state index contributed by atoms with van der Waals surface area (Å²) in [5, 5.41) is 9.67. The monoisotopic (exact) mass is 475 g/mol. The van der Waals surface area contributed by atoms with Crippen LogP contribution in [0.1, 0.15) is 18.0 Å². The smallest absolute Gasteiger partial charge is 0.240 e. The van der Waals surface area contributed by atoms with Gasteiger partial charge in [-0.05, 0) is 57.3 Å². The average molecular weight is 475 g/mol. The summed E-state index contributed by atoms with van der Waals surface area (Å²) in [6.07, 6.45) is -2.90. The lowest BCUT2D eigenvalue weighted by Gasteiger charge is -2.14. The molecule has 0 unspecified atom stereocenters. The fourth-order valence-electron chi connectivity index (χ4n) is 1.19. The third-order valence-electron chi connectivity index (χ3n) is 1.89. The van der Waals surface area contributed by atoms with E-state index in [0.717, 1.165) is 3.57 Å². The van der Waals surface area contributed by atoms with Crippen LogP contribution >= 0.6 is 57.6 Å². The largest absolute Gasteiger partial charge is 0.506 e. The predicted molar refractivity (Wildman–Crippen MR) is 78.3 cm³/mol. The predicted octanol–water partition coefficient (Wildman–Crippen LogP) is 3.68. The SMILES string of the molecule is Cl.N[C@@H](CC(F)F)c1cc(I)cc(I)c1O. The Morgan fingerprint density at radius 3 is 2.38 bits per heavy atom. The van der Waals surface area contributed by atoms with E-state index in [1.54, 1.807) is 12.1 Å². The van der Waals surface area contributed by atoms with Crippen molar-refractivity contribution >= 4 is 57.6 Å². The van der Waals surface area contributed by atoms with Gasteiger partial charge in [-0.15, -0.1) is 12.4 Å². The number of halogens is 5. The molecule has 2 nitrogen and oxygen atoms in total. The standard InChI is InChI=1S/C9H9F2I2NO.ClH/c10-8(11)3-7(14)5-1-4(12)2-6(13)9(5)15;/h1-2,7-8,15H,3,14H2;1H/t7-;/m0./s1. The van der Waals surface area contributed by atoms with E-state index in [1.165, 1.54) is 0 Å². The van der Waals surface area contributed by atoms with Crippen LogP contribution in [0.4, 0.5) is 8.78 Å². The van der Waals surface area contributed by atoms with Crippen LogP contribution in [0.2, 0.25) is 0 Å². The first-order chi connectivity index (χ1) is 6.91. The van der Waals surface area contributed by atoms with Crippen LogP contribution in [0.5, 0.6) is 5.75 Å². The van der Waals surface area contributed by atoms with Crippen molar-refractivity contribution in [1.82, 2.24) is 0 Å². The number of phenols is 1. The topological polar surface area (TPSA) is 46.2 Å². The molecule has 16 heavy (non-hydrogen) atoms. The fourth-order valence-corrected chi connectivity index (χ4v) is 3.08. The number of hydrogen-bond donors (Lipinski definition) is 2. The first-order valence-corrected chi connectivity index (χ1v) is 6.29. The average Bonchev–Trinajstić information content (AvgIpc) is 2.09. The maximum Gasteiger partial charge on any atom is 0.240 e. The van der Waals surface area contributed by atoms with Gasteiger partial charge < -0.3 is 10.8 Å². The van der Waals surface area contributed by atoms with Crippen molar-refractivity contribution in [3.05, 3.63) is 24.8 Å². The molecule has 0 aliphatic rings. The molecule has 1 rings (SSSR count). The van der Waals surface area contributed by atoms with Crippen molar-refractivity contribution in [3.8, 4) is 5.75 Å². The number of alkyl halides is 2. The van der Waals surface area contributed by atoms with Gasteiger partial charge in [-0.2, -0.15) is 0 Å². The molecule has 0 fully saturated rings. The minimum Gasteiger partial charge on any atom is -0.506 e. The lowest BCUT2D eigenvalue weighted by molar-refractivity contribution is 0.128. The van der Waals surface area contributed by atoms with Crippen LogP contribution in [-0.2, 0) is 0 Å². The molecule has 0 saturated carbocycles. The van der Waals surface area contributed by atoms with Gasteiger partial charge in [0, 0.05) is 21.6 Å². The van der Waals surface area contributed by atoms with Gasteiger partial charge in [0.1, 0.15) is 5.75 Å². The van der Waals surface area contributed by atoms with Gasteiger partial charge in [-0.25, -0.2) is 8.78 Å². The Bertz CT molecular complexity index is 366. The van der Waals surface area contributed by atoms with E-state index in [1.807, 2.05) is 22.6 Å². The number of rotatable bonds is 3. The van der Waals surface area contributed by atoms with E-state index in [2.05, 4.69) is 22.6 Å². The first-order valence-electron chi connectivity index (χ1n) is 4.13. The van der Waals surface area contributed by atoms with Crippen LogP contribution in [-0.4, -0.2) is 11.5 Å². The molecule has 0 radical (unpaired) electrons. The molecule has 1 aromatic rings. The van der Waals surface area contributed by atoms with Crippen molar-refractivity contribution in [2.75, 3.05) is 0 Å². The normalized spacial score (nSPS) is 12.4. The van der Waals surface area contributed by atoms with Crippen molar-refractivity contribution in [2.45, 2.75) is 18.9 Å². The molecular formula is C9H10ClF2I2NO. The second kappa shape index (κ2) is 7.12.